The van der Waals surface area contributed by atoms with Crippen LogP contribution in [0.1, 0.15) is 41.6 Å². The summed E-state index contributed by atoms with van der Waals surface area (Å²) in [4.78, 5) is 86.0. The van der Waals surface area contributed by atoms with Crippen LogP contribution in [0.25, 0.3) is 0 Å². The summed E-state index contributed by atoms with van der Waals surface area (Å²) in [6, 6.07) is 6.20. The van der Waals surface area contributed by atoms with Gasteiger partial charge in [0.1, 0.15) is 0 Å². The lowest BCUT2D eigenvalue weighted by Crippen LogP contribution is -2.56. The lowest BCUT2D eigenvalue weighted by atomic mass is 9.99. The number of aliphatic carboxylic acids is 4. The molecule has 1 saturated carbocycles. The zero-order chi connectivity index (χ0) is 34.3. The molecule has 0 heterocycles. The molecule has 1 aliphatic carbocycles. The van der Waals surface area contributed by atoms with E-state index in [0.717, 1.165) is 22.6 Å². The van der Waals surface area contributed by atoms with E-state index < -0.39 is 73.3 Å². The molecule has 18 nitrogen and oxygen atoms in total. The fourth-order valence-corrected chi connectivity index (χ4v) is 4.81. The van der Waals surface area contributed by atoms with E-state index in [2.05, 4.69) is 16.2 Å². The van der Waals surface area contributed by atoms with Gasteiger partial charge in [-0.05, 0) is 30.5 Å². The van der Waals surface area contributed by atoms with E-state index in [9.17, 15) is 33.6 Å². The molecule has 18 heteroatoms. The Balaban J connectivity index is 1.97. The normalized spacial score (nSPS) is 13.8. The first kappa shape index (κ1) is 37.5. The maximum absolute atomic E-state index is 12.8. The van der Waals surface area contributed by atoms with Gasteiger partial charge < -0.3 is 31.5 Å². The monoisotopic (exact) mass is 651 g/mol. The van der Waals surface area contributed by atoms with Crippen molar-refractivity contribution in [3.05, 3.63) is 35.4 Å². The number of amides is 3. The fourth-order valence-electron chi connectivity index (χ4n) is 4.81. The van der Waals surface area contributed by atoms with Crippen LogP contribution in [0.3, 0.4) is 0 Å². The van der Waals surface area contributed by atoms with Gasteiger partial charge in [0, 0.05) is 38.3 Å². The molecule has 0 spiro atoms. The predicted octanol–water partition coefficient (Wildman–Crippen LogP) is -2.42. The zero-order valence-electron chi connectivity index (χ0n) is 25.3. The Morgan fingerprint density at radius 3 is 1.52 bits per heavy atom. The second-order valence-corrected chi connectivity index (χ2v) is 11.0. The molecule has 3 amide bonds. The molecular weight excluding hydrogens is 610 g/mol. The highest BCUT2D eigenvalue weighted by atomic mass is 16.4. The summed E-state index contributed by atoms with van der Waals surface area (Å²) in [5.41, 5.74) is 10.7. The van der Waals surface area contributed by atoms with Crippen molar-refractivity contribution < 1.29 is 54.0 Å². The van der Waals surface area contributed by atoms with Crippen LogP contribution in [0.5, 0.6) is 0 Å². The standard InChI is InChI=1S/C28H41N7O11/c29-28(7-1-2-8-28)27(46)32-31-26(45)20-5-3-19(4-6-20)13-30-21(36)14-33(9-11-34(15-22(37)38)16-23(39)40)10-12-35(17-24(41)42)18-25(43)44/h3-6H,1-2,7-18,29H2,(H,30,36)(H,31,45)(H,32,46)(H,37,38)(H,39,40)(H,41,42)(H,43,44). The molecule has 0 bridgehead atoms. The second-order valence-electron chi connectivity index (χ2n) is 11.0. The molecular formula is C28H41N7O11. The maximum atomic E-state index is 12.8. The summed E-state index contributed by atoms with van der Waals surface area (Å²) in [5, 5.41) is 39.1. The minimum Gasteiger partial charge on any atom is -0.480 e. The molecule has 9 N–H and O–H groups in total. The van der Waals surface area contributed by atoms with Crippen LogP contribution in [0.4, 0.5) is 0 Å². The number of carboxylic acids is 4. The number of hydrogen-bond donors (Lipinski definition) is 8. The number of carboxylic acid groups (broad SMARTS) is 4. The van der Waals surface area contributed by atoms with Gasteiger partial charge in [0.05, 0.1) is 38.3 Å². The Kier molecular flexibility index (Phi) is 15.0. The molecule has 0 saturated heterocycles. The van der Waals surface area contributed by atoms with Gasteiger partial charge in [0.2, 0.25) is 5.91 Å². The minimum absolute atomic E-state index is 0.0214. The molecule has 1 aromatic carbocycles. The van der Waals surface area contributed by atoms with Crippen LogP contribution in [-0.2, 0) is 35.3 Å². The van der Waals surface area contributed by atoms with E-state index in [1.54, 1.807) is 12.1 Å². The SMILES string of the molecule is NC1(C(=O)NNC(=O)c2ccc(CNC(=O)CN(CCN(CC(=O)O)CC(=O)O)CCN(CC(=O)O)CC(=O)O)cc2)CCCC1. The van der Waals surface area contributed by atoms with E-state index in [-0.39, 0.29) is 44.8 Å². The van der Waals surface area contributed by atoms with Gasteiger partial charge in [-0.3, -0.25) is 59.1 Å². The first-order valence-corrected chi connectivity index (χ1v) is 14.5. The molecule has 1 fully saturated rings. The molecule has 254 valence electrons. The highest BCUT2D eigenvalue weighted by molar-refractivity contribution is 5.96. The summed E-state index contributed by atoms with van der Waals surface area (Å²) in [5.74, 6) is -6.48. The molecule has 1 aliphatic rings. The van der Waals surface area contributed by atoms with Crippen molar-refractivity contribution in [1.82, 2.24) is 30.9 Å². The number of nitrogens with two attached hydrogens (primary N) is 1. The lowest BCUT2D eigenvalue weighted by Gasteiger charge is -2.28. The largest absolute Gasteiger partial charge is 0.480 e. The van der Waals surface area contributed by atoms with Gasteiger partial charge in [0.25, 0.3) is 11.8 Å². The van der Waals surface area contributed by atoms with Crippen molar-refractivity contribution in [1.29, 1.82) is 0 Å². The number of rotatable bonds is 20. The zero-order valence-corrected chi connectivity index (χ0v) is 25.3. The van der Waals surface area contributed by atoms with E-state index in [0.29, 0.717) is 18.4 Å². The number of hydrazine groups is 1. The lowest BCUT2D eigenvalue weighted by molar-refractivity contribution is -0.143. The third kappa shape index (κ3) is 14.0. The van der Waals surface area contributed by atoms with Crippen molar-refractivity contribution in [2.75, 3.05) is 58.9 Å². The van der Waals surface area contributed by atoms with Crippen LogP contribution < -0.4 is 21.9 Å². The van der Waals surface area contributed by atoms with E-state index in [1.165, 1.54) is 17.0 Å². The van der Waals surface area contributed by atoms with Gasteiger partial charge in [-0.2, -0.15) is 0 Å². The molecule has 0 aromatic heterocycles. The van der Waals surface area contributed by atoms with Crippen molar-refractivity contribution in [3.8, 4) is 0 Å². The molecule has 0 atom stereocenters. The summed E-state index contributed by atoms with van der Waals surface area (Å²) < 4.78 is 0. The quantitative estimate of drug-likeness (QED) is 0.0682. The molecule has 0 unspecified atom stereocenters. The highest BCUT2D eigenvalue weighted by Gasteiger charge is 2.37. The predicted molar refractivity (Wildman–Crippen MR) is 159 cm³/mol. The van der Waals surface area contributed by atoms with Crippen molar-refractivity contribution in [2.24, 2.45) is 5.73 Å². The molecule has 2 rings (SSSR count). The number of nitrogens with one attached hydrogen (secondary N) is 3. The molecule has 46 heavy (non-hydrogen) atoms. The van der Waals surface area contributed by atoms with Crippen LogP contribution in [0.2, 0.25) is 0 Å². The van der Waals surface area contributed by atoms with Crippen molar-refractivity contribution in [2.45, 2.75) is 37.8 Å². The number of hydrogen-bond acceptors (Lipinski definition) is 11. The van der Waals surface area contributed by atoms with Crippen LogP contribution in [-0.4, -0.2) is 141 Å². The van der Waals surface area contributed by atoms with Gasteiger partial charge >= 0.3 is 23.9 Å². The number of carbonyl (C=O) groups excluding carboxylic acids is 3. The average Bonchev–Trinajstić information content (AvgIpc) is 3.42. The highest BCUT2D eigenvalue weighted by Crippen LogP contribution is 2.26. The van der Waals surface area contributed by atoms with E-state index in [1.807, 2.05) is 0 Å². The minimum atomic E-state index is -1.25. The third-order valence-corrected chi connectivity index (χ3v) is 7.21. The van der Waals surface area contributed by atoms with Crippen LogP contribution in [0.15, 0.2) is 24.3 Å². The molecule has 0 aliphatic heterocycles. The summed E-state index contributed by atoms with van der Waals surface area (Å²) in [6.45, 7) is -2.51. The van der Waals surface area contributed by atoms with E-state index in [4.69, 9.17) is 26.2 Å². The fraction of sp³-hybridized carbons (Fsp3) is 0.536. The maximum Gasteiger partial charge on any atom is 0.317 e. The van der Waals surface area contributed by atoms with E-state index >= 15 is 0 Å². The van der Waals surface area contributed by atoms with Gasteiger partial charge in [-0.25, -0.2) is 0 Å². The Morgan fingerprint density at radius 2 is 1.09 bits per heavy atom. The first-order valence-electron chi connectivity index (χ1n) is 14.5. The van der Waals surface area contributed by atoms with Crippen LogP contribution >= 0.6 is 0 Å². The Morgan fingerprint density at radius 1 is 0.652 bits per heavy atom. The van der Waals surface area contributed by atoms with Crippen LogP contribution in [0, 0.1) is 0 Å². The first-order chi connectivity index (χ1) is 21.7. The Bertz CT molecular complexity index is 1180. The molecule has 0 radical (unpaired) electrons. The topological polar surface area (TPSA) is 272 Å². The number of benzene rings is 1. The Labute approximate surface area is 264 Å². The summed E-state index contributed by atoms with van der Waals surface area (Å²) in [7, 11) is 0. The van der Waals surface area contributed by atoms with Gasteiger partial charge in [-0.1, -0.05) is 25.0 Å². The molecule has 1 aromatic rings. The average molecular weight is 652 g/mol. The van der Waals surface area contributed by atoms with Gasteiger partial charge in [0.15, 0.2) is 0 Å². The van der Waals surface area contributed by atoms with Crippen molar-refractivity contribution >= 4 is 41.6 Å². The van der Waals surface area contributed by atoms with Crippen molar-refractivity contribution in [3.63, 3.8) is 0 Å². The second kappa shape index (κ2) is 18.4. The Hall–Kier alpha value is -4.65. The number of carbonyl (C=O) groups is 7. The summed E-state index contributed by atoms with van der Waals surface area (Å²) in [6.07, 6.45) is 2.75. The third-order valence-electron chi connectivity index (χ3n) is 7.21. The number of nitrogens with zero attached hydrogens (tertiary/aromatic N) is 3. The summed E-state index contributed by atoms with van der Waals surface area (Å²) >= 11 is 0. The van der Waals surface area contributed by atoms with Gasteiger partial charge in [-0.15, -0.1) is 0 Å². The smallest absolute Gasteiger partial charge is 0.317 e.